The molecular weight excluding hydrogens is 336 g/mol. The van der Waals surface area contributed by atoms with E-state index in [4.69, 9.17) is 9.84 Å². The summed E-state index contributed by atoms with van der Waals surface area (Å²) in [5.74, 6) is 1.17. The summed E-state index contributed by atoms with van der Waals surface area (Å²) in [5.41, 5.74) is 5.09. The van der Waals surface area contributed by atoms with E-state index in [1.54, 1.807) is 6.07 Å². The fraction of sp³-hybridized carbons (Fsp3) is 0.174. The molecule has 0 saturated carbocycles. The van der Waals surface area contributed by atoms with Crippen LogP contribution in [0, 0.1) is 6.92 Å². The Balaban J connectivity index is 1.64. The molecule has 0 unspecified atom stereocenters. The van der Waals surface area contributed by atoms with Crippen LogP contribution in [0.2, 0.25) is 0 Å². The lowest BCUT2D eigenvalue weighted by atomic mass is 9.95. The van der Waals surface area contributed by atoms with Crippen molar-refractivity contribution in [2.75, 3.05) is 0 Å². The average molecular weight is 356 g/mol. The lowest BCUT2D eigenvalue weighted by Gasteiger charge is -2.38. The van der Waals surface area contributed by atoms with Crippen LogP contribution in [-0.2, 0) is 0 Å². The Hall–Kier alpha value is -3.27. The van der Waals surface area contributed by atoms with E-state index in [1.165, 1.54) is 5.56 Å². The van der Waals surface area contributed by atoms with Gasteiger partial charge in [0, 0.05) is 23.1 Å². The van der Waals surface area contributed by atoms with Crippen LogP contribution in [0.1, 0.15) is 40.9 Å². The number of aryl methyl sites for hydroxylation is 1. The number of para-hydroxylation sites is 2. The Kier molecular flexibility index (Phi) is 3.64. The average Bonchev–Trinajstić information content (AvgIpc) is 3.14. The molecule has 2 aliphatic heterocycles. The molecule has 0 radical (unpaired) electrons. The zero-order valence-electron chi connectivity index (χ0n) is 15.0. The lowest BCUT2D eigenvalue weighted by Crippen LogP contribution is -2.34. The Bertz CT molecular complexity index is 1040. The van der Waals surface area contributed by atoms with E-state index in [9.17, 15) is 5.11 Å². The van der Waals surface area contributed by atoms with Gasteiger partial charge in [-0.15, -0.1) is 0 Å². The van der Waals surface area contributed by atoms with Crippen molar-refractivity contribution in [2.24, 2.45) is 5.10 Å². The molecule has 0 amide bonds. The van der Waals surface area contributed by atoms with Crippen LogP contribution < -0.4 is 4.74 Å². The van der Waals surface area contributed by atoms with Gasteiger partial charge in [-0.05, 0) is 30.7 Å². The molecule has 4 nitrogen and oxygen atoms in total. The zero-order valence-corrected chi connectivity index (χ0v) is 15.0. The van der Waals surface area contributed by atoms with Crippen LogP contribution in [0.5, 0.6) is 11.5 Å². The highest BCUT2D eigenvalue weighted by Gasteiger charge is 2.41. The van der Waals surface area contributed by atoms with Crippen LogP contribution in [0.4, 0.5) is 0 Å². The maximum Gasteiger partial charge on any atom is 0.214 e. The van der Waals surface area contributed by atoms with Crippen molar-refractivity contribution in [1.29, 1.82) is 0 Å². The number of hydrogen-bond acceptors (Lipinski definition) is 4. The van der Waals surface area contributed by atoms with E-state index >= 15 is 0 Å². The summed E-state index contributed by atoms with van der Waals surface area (Å²) >= 11 is 0. The first kappa shape index (κ1) is 15.9. The molecule has 2 aliphatic rings. The molecule has 5 rings (SSSR count). The van der Waals surface area contributed by atoms with E-state index < -0.39 is 0 Å². The van der Waals surface area contributed by atoms with Crippen molar-refractivity contribution in [3.63, 3.8) is 0 Å². The predicted octanol–water partition coefficient (Wildman–Crippen LogP) is 4.94. The zero-order chi connectivity index (χ0) is 18.4. The number of rotatable bonds is 2. The summed E-state index contributed by atoms with van der Waals surface area (Å²) in [6, 6.07) is 23.9. The van der Waals surface area contributed by atoms with Crippen LogP contribution in [-0.4, -0.2) is 15.8 Å². The molecule has 0 saturated heterocycles. The van der Waals surface area contributed by atoms with E-state index in [2.05, 4.69) is 25.1 Å². The number of ether oxygens (including phenoxy) is 1. The highest BCUT2D eigenvalue weighted by molar-refractivity contribution is 6.04. The van der Waals surface area contributed by atoms with E-state index in [0.717, 1.165) is 34.6 Å². The largest absolute Gasteiger partial charge is 0.507 e. The van der Waals surface area contributed by atoms with Crippen molar-refractivity contribution in [1.82, 2.24) is 5.01 Å². The minimum atomic E-state index is -0.283. The fourth-order valence-corrected chi connectivity index (χ4v) is 3.98. The van der Waals surface area contributed by atoms with Crippen LogP contribution in [0.3, 0.4) is 0 Å². The van der Waals surface area contributed by atoms with E-state index in [1.807, 2.05) is 53.5 Å². The maximum absolute atomic E-state index is 10.3. The van der Waals surface area contributed by atoms with Gasteiger partial charge in [-0.1, -0.05) is 54.6 Å². The second-order valence-corrected chi connectivity index (χ2v) is 7.03. The summed E-state index contributed by atoms with van der Waals surface area (Å²) < 4.78 is 6.38. The molecule has 27 heavy (non-hydrogen) atoms. The first-order valence-corrected chi connectivity index (χ1v) is 9.17. The van der Waals surface area contributed by atoms with Crippen LogP contribution in [0.15, 0.2) is 77.9 Å². The predicted molar refractivity (Wildman–Crippen MR) is 105 cm³/mol. The highest BCUT2D eigenvalue weighted by Crippen LogP contribution is 2.48. The molecule has 0 aliphatic carbocycles. The van der Waals surface area contributed by atoms with Gasteiger partial charge in [-0.25, -0.2) is 5.01 Å². The van der Waals surface area contributed by atoms with Gasteiger partial charge in [0.15, 0.2) is 0 Å². The standard InChI is InChI=1S/C23H20N2O2/c1-15-8-2-3-9-16(15)23-25-20(18-11-5-7-13-22(18)27-23)14-19(24-25)17-10-4-6-12-21(17)26/h2-13,20,23,26H,14H2,1H3/t20-,23+/m1/s1. The van der Waals surface area contributed by atoms with Crippen molar-refractivity contribution >= 4 is 5.71 Å². The number of phenols is 1. The monoisotopic (exact) mass is 356 g/mol. The molecule has 134 valence electrons. The third-order valence-electron chi connectivity index (χ3n) is 5.37. The lowest BCUT2D eigenvalue weighted by molar-refractivity contribution is -0.0194. The number of benzene rings is 3. The Morgan fingerprint density at radius 2 is 1.63 bits per heavy atom. The van der Waals surface area contributed by atoms with Crippen molar-refractivity contribution in [2.45, 2.75) is 25.6 Å². The molecule has 4 heteroatoms. The molecule has 2 atom stereocenters. The van der Waals surface area contributed by atoms with Gasteiger partial charge in [0.2, 0.25) is 6.23 Å². The summed E-state index contributed by atoms with van der Waals surface area (Å²) in [4.78, 5) is 0. The first-order valence-electron chi connectivity index (χ1n) is 9.17. The quantitative estimate of drug-likeness (QED) is 0.707. The maximum atomic E-state index is 10.3. The molecular formula is C23H20N2O2. The normalized spacial score (nSPS) is 20.5. The van der Waals surface area contributed by atoms with Gasteiger partial charge in [-0.3, -0.25) is 0 Å². The number of hydrazone groups is 1. The van der Waals surface area contributed by atoms with Gasteiger partial charge >= 0.3 is 0 Å². The molecule has 2 heterocycles. The number of hydrogen-bond donors (Lipinski definition) is 1. The highest BCUT2D eigenvalue weighted by atomic mass is 16.5. The molecule has 1 N–H and O–H groups in total. The van der Waals surface area contributed by atoms with E-state index in [0.29, 0.717) is 0 Å². The van der Waals surface area contributed by atoms with Gasteiger partial charge in [-0.2, -0.15) is 5.10 Å². The third kappa shape index (κ3) is 2.56. The second kappa shape index (κ2) is 6.16. The SMILES string of the molecule is Cc1ccccc1[C@@H]1Oc2ccccc2[C@H]2CC(c3ccccc3O)=NN21. The fourth-order valence-electron chi connectivity index (χ4n) is 3.98. The van der Waals surface area contributed by atoms with Crippen LogP contribution >= 0.6 is 0 Å². The van der Waals surface area contributed by atoms with Crippen molar-refractivity contribution in [3.05, 3.63) is 95.1 Å². The Morgan fingerprint density at radius 1 is 0.926 bits per heavy atom. The molecule has 0 spiro atoms. The number of fused-ring (bicyclic) bond motifs is 3. The topological polar surface area (TPSA) is 45.1 Å². The van der Waals surface area contributed by atoms with Gasteiger partial charge in [0.05, 0.1) is 11.8 Å². The molecule has 3 aromatic carbocycles. The minimum absolute atomic E-state index is 0.0918. The third-order valence-corrected chi connectivity index (χ3v) is 5.37. The van der Waals surface area contributed by atoms with Gasteiger partial charge < -0.3 is 9.84 Å². The van der Waals surface area contributed by atoms with Gasteiger partial charge in [0.1, 0.15) is 11.5 Å². The summed E-state index contributed by atoms with van der Waals surface area (Å²) in [6.45, 7) is 2.10. The molecule has 3 aromatic rings. The molecule has 0 aromatic heterocycles. The number of phenolic OH excluding ortho intramolecular Hbond substituents is 1. The number of aromatic hydroxyl groups is 1. The second-order valence-electron chi connectivity index (χ2n) is 7.03. The summed E-state index contributed by atoms with van der Waals surface area (Å²) in [7, 11) is 0. The summed E-state index contributed by atoms with van der Waals surface area (Å²) in [6.07, 6.45) is 0.454. The smallest absolute Gasteiger partial charge is 0.214 e. The van der Waals surface area contributed by atoms with Crippen molar-refractivity contribution in [3.8, 4) is 11.5 Å². The molecule has 0 bridgehead atoms. The summed E-state index contributed by atoms with van der Waals surface area (Å²) in [5, 5.41) is 17.2. The van der Waals surface area contributed by atoms with Gasteiger partial charge in [0.25, 0.3) is 0 Å². The number of nitrogens with zero attached hydrogens (tertiary/aromatic N) is 2. The van der Waals surface area contributed by atoms with E-state index in [-0.39, 0.29) is 18.0 Å². The van der Waals surface area contributed by atoms with Crippen LogP contribution in [0.25, 0.3) is 0 Å². The first-order chi connectivity index (χ1) is 13.2. The van der Waals surface area contributed by atoms with Crippen molar-refractivity contribution < 1.29 is 9.84 Å². The minimum Gasteiger partial charge on any atom is -0.507 e. The Labute approximate surface area is 158 Å². The molecule has 0 fully saturated rings. The Morgan fingerprint density at radius 3 is 2.44 bits per heavy atom.